The average Bonchev–Trinajstić information content (AvgIpc) is 3.89. The number of nitrogens with two attached hydrogens (primary N) is 1. The third-order valence-electron chi connectivity index (χ3n) is 11.2. The van der Waals surface area contributed by atoms with Gasteiger partial charge in [0.15, 0.2) is 11.5 Å². The third-order valence-corrected chi connectivity index (χ3v) is 11.2. The molecule has 6 bridgehead atoms. The Balaban J connectivity index is 1.54. The molecule has 0 saturated carbocycles. The van der Waals surface area contributed by atoms with Gasteiger partial charge in [0.05, 0.1) is 113 Å². The van der Waals surface area contributed by atoms with E-state index in [-0.39, 0.29) is 25.9 Å². The molecule has 0 fully saturated rings. The summed E-state index contributed by atoms with van der Waals surface area (Å²) in [6, 6.07) is 3.60. The number of fused-ring (bicyclic) bond motifs is 5. The molecule has 3 aliphatic heterocycles. The molecule has 1 aromatic heterocycles. The van der Waals surface area contributed by atoms with Crippen LogP contribution in [0.15, 0.2) is 60.1 Å². The predicted octanol–water partition coefficient (Wildman–Crippen LogP) is 6.68. The first-order valence-corrected chi connectivity index (χ1v) is 22.5. The van der Waals surface area contributed by atoms with Crippen molar-refractivity contribution in [1.82, 2.24) is 4.98 Å². The Bertz CT molecular complexity index is 2000. The number of aliphatic imine (C=N–C) groups is 4. The van der Waals surface area contributed by atoms with Gasteiger partial charge in [0, 0.05) is 50.8 Å². The van der Waals surface area contributed by atoms with E-state index in [4.69, 9.17) is 63.6 Å². The molecule has 0 amide bonds. The van der Waals surface area contributed by atoms with Gasteiger partial charge in [-0.25, -0.2) is 4.99 Å². The molecule has 346 valence electrons. The molecule has 4 N–H and O–H groups in total. The summed E-state index contributed by atoms with van der Waals surface area (Å²) in [5.41, 5.74) is 19.1. The number of aliphatic hydroxyl groups excluding tert-OH is 1. The fourth-order valence-corrected chi connectivity index (χ4v) is 7.85. The summed E-state index contributed by atoms with van der Waals surface area (Å²) in [5.74, 6) is 0.975. The lowest BCUT2D eigenvalue weighted by molar-refractivity contribution is 0.0160. The first-order chi connectivity index (χ1) is 30.9. The lowest BCUT2D eigenvalue weighted by atomic mass is 9.93. The predicted molar refractivity (Wildman–Crippen MR) is 251 cm³/mol. The number of aliphatic hydroxyl groups is 1. The fourth-order valence-electron chi connectivity index (χ4n) is 7.85. The zero-order chi connectivity index (χ0) is 44.8. The van der Waals surface area contributed by atoms with Gasteiger partial charge in [-0.05, 0) is 98.4 Å². The van der Waals surface area contributed by atoms with Crippen LogP contribution in [0.4, 0.5) is 11.4 Å². The van der Waals surface area contributed by atoms with Crippen molar-refractivity contribution in [3.8, 4) is 11.5 Å². The van der Waals surface area contributed by atoms with E-state index >= 15 is 0 Å². The number of hydrogen-bond donors (Lipinski definition) is 3. The number of allylic oxidation sites excluding steroid dienone is 3. The normalized spacial score (nSPS) is 17.0. The van der Waals surface area contributed by atoms with Crippen LogP contribution in [0.3, 0.4) is 0 Å². The zero-order valence-corrected chi connectivity index (χ0v) is 38.4. The van der Waals surface area contributed by atoms with Gasteiger partial charge in [0.2, 0.25) is 0 Å². The Hall–Kier alpha value is -4.32. The first-order valence-electron chi connectivity index (χ1n) is 22.5. The van der Waals surface area contributed by atoms with Crippen molar-refractivity contribution in [2.75, 3.05) is 107 Å². The van der Waals surface area contributed by atoms with Crippen LogP contribution in [-0.4, -0.2) is 147 Å². The van der Waals surface area contributed by atoms with Gasteiger partial charge in [-0.1, -0.05) is 13.8 Å². The number of H-pyrrole nitrogens is 1. The molecule has 1 aromatic carbocycles. The zero-order valence-electron chi connectivity index (χ0n) is 38.4. The van der Waals surface area contributed by atoms with E-state index in [9.17, 15) is 5.11 Å². The van der Waals surface area contributed by atoms with Crippen LogP contribution in [0.25, 0.3) is 6.08 Å². The maximum Gasteiger partial charge on any atom is 0.163 e. The smallest absolute Gasteiger partial charge is 0.163 e. The average molecular weight is 875 g/mol. The summed E-state index contributed by atoms with van der Waals surface area (Å²) in [6.07, 6.45) is 11.4. The quantitative estimate of drug-likeness (QED) is 0.0780. The van der Waals surface area contributed by atoms with Crippen LogP contribution in [0.2, 0.25) is 0 Å². The second kappa shape index (κ2) is 27.1. The van der Waals surface area contributed by atoms with E-state index in [0.29, 0.717) is 108 Å². The summed E-state index contributed by atoms with van der Waals surface area (Å²) in [7, 11) is 3.29. The minimum absolute atomic E-state index is 0.0992. The standard InChI is InChI=1S/C48H70N6O9/c1-7-35-36(8-2)40-28-42-38(12-10-14-55)34(4)46(54-42)32-51-44-30-48(63-26-24-61-22-20-59-18-16-57-6)47(62-25-23-60-21-19-58-17-15-56-5)29-43(44)50-31-45-33(3)37(11-9-13-49)41(53-45)27-39(35)52-40/h27,29-32,42,52,55H,7-26,28,49H2,1-6H3/b41-27-,50-31?,51-32?. The Morgan fingerprint density at radius 1 is 0.698 bits per heavy atom. The molecule has 15 heteroatoms. The lowest BCUT2D eigenvalue weighted by Crippen LogP contribution is -2.14. The Labute approximate surface area is 373 Å². The summed E-state index contributed by atoms with van der Waals surface area (Å²) < 4.78 is 45.4. The number of nitrogens with zero attached hydrogens (tertiary/aromatic N) is 4. The highest BCUT2D eigenvalue weighted by atomic mass is 16.6. The van der Waals surface area contributed by atoms with Crippen molar-refractivity contribution >= 4 is 41.3 Å². The Morgan fingerprint density at radius 2 is 1.25 bits per heavy atom. The number of aromatic amines is 1. The van der Waals surface area contributed by atoms with Crippen LogP contribution in [0, 0.1) is 0 Å². The molecule has 1 atom stereocenters. The molecule has 3 aliphatic rings. The minimum atomic E-state index is -0.0992. The van der Waals surface area contributed by atoms with E-state index in [0.717, 1.165) is 71.6 Å². The second-order valence-electron chi connectivity index (χ2n) is 15.4. The highest BCUT2D eigenvalue weighted by Crippen LogP contribution is 2.41. The van der Waals surface area contributed by atoms with Crippen molar-refractivity contribution in [2.45, 2.75) is 78.7 Å². The highest BCUT2D eigenvalue weighted by molar-refractivity contribution is 6.40. The Morgan fingerprint density at radius 3 is 1.79 bits per heavy atom. The largest absolute Gasteiger partial charge is 0.487 e. The van der Waals surface area contributed by atoms with Crippen molar-refractivity contribution in [1.29, 1.82) is 0 Å². The second-order valence-corrected chi connectivity index (χ2v) is 15.4. The molecular weight excluding hydrogens is 805 g/mol. The maximum atomic E-state index is 9.88. The summed E-state index contributed by atoms with van der Waals surface area (Å²) in [5, 5.41) is 9.88. The number of benzene rings is 1. The molecule has 0 saturated heterocycles. The molecule has 0 spiro atoms. The molecule has 2 aromatic rings. The number of nitrogens with one attached hydrogen (secondary N) is 1. The van der Waals surface area contributed by atoms with Crippen LogP contribution < -0.4 is 15.2 Å². The third kappa shape index (κ3) is 14.3. The topological polar surface area (TPSA) is 185 Å². The van der Waals surface area contributed by atoms with E-state index in [2.05, 4.69) is 38.8 Å². The van der Waals surface area contributed by atoms with E-state index < -0.39 is 0 Å². The number of rotatable bonds is 28. The number of ether oxygens (including phenoxy) is 8. The molecule has 5 rings (SSSR count). The van der Waals surface area contributed by atoms with Crippen molar-refractivity contribution < 1.29 is 43.0 Å². The number of methoxy groups -OCH3 is 2. The summed E-state index contributed by atoms with van der Waals surface area (Å²) in [4.78, 5) is 24.4. The highest BCUT2D eigenvalue weighted by Gasteiger charge is 2.28. The molecule has 0 aliphatic carbocycles. The molecule has 63 heavy (non-hydrogen) atoms. The van der Waals surface area contributed by atoms with Gasteiger partial charge in [-0.15, -0.1) is 0 Å². The molecular formula is C48H70N6O9. The molecule has 1 unspecified atom stereocenters. The Kier molecular flexibility index (Phi) is 21.4. The van der Waals surface area contributed by atoms with Crippen molar-refractivity contribution in [2.24, 2.45) is 25.7 Å². The maximum absolute atomic E-state index is 9.88. The van der Waals surface area contributed by atoms with E-state index in [1.54, 1.807) is 14.2 Å². The molecule has 15 nitrogen and oxygen atoms in total. The van der Waals surface area contributed by atoms with Crippen LogP contribution in [-0.2, 0) is 47.7 Å². The van der Waals surface area contributed by atoms with Gasteiger partial charge in [0.1, 0.15) is 13.2 Å². The number of aromatic nitrogens is 1. The molecule has 4 heterocycles. The van der Waals surface area contributed by atoms with Gasteiger partial charge < -0.3 is 53.7 Å². The van der Waals surface area contributed by atoms with Gasteiger partial charge in [-0.3, -0.25) is 15.0 Å². The number of hydrogen-bond acceptors (Lipinski definition) is 14. The SMILES string of the molecule is CCc1c2[nH]c(c1CC)CC1N=C(C=Nc3cc(OCCOCCOCCOC)c(OCCOCCOCCOC)cc3N=CC3=N/C(=C\2)C(CCCN)=C3C)C(C)=C1CCCO. The fraction of sp³-hybridized carbons (Fsp3) is 0.583. The van der Waals surface area contributed by atoms with E-state index in [1.807, 2.05) is 24.6 Å². The lowest BCUT2D eigenvalue weighted by Gasteiger charge is -2.15. The summed E-state index contributed by atoms with van der Waals surface area (Å²) in [6.45, 7) is 14.4. The van der Waals surface area contributed by atoms with Crippen LogP contribution >= 0.6 is 0 Å². The van der Waals surface area contributed by atoms with Crippen LogP contribution in [0.5, 0.6) is 11.5 Å². The van der Waals surface area contributed by atoms with E-state index in [1.165, 1.54) is 22.4 Å². The molecule has 0 radical (unpaired) electrons. The summed E-state index contributed by atoms with van der Waals surface area (Å²) >= 11 is 0. The van der Waals surface area contributed by atoms with Gasteiger partial charge in [0.25, 0.3) is 0 Å². The van der Waals surface area contributed by atoms with Gasteiger partial charge in [-0.2, -0.15) is 0 Å². The first kappa shape index (κ1) is 49.7. The van der Waals surface area contributed by atoms with Crippen molar-refractivity contribution in [3.63, 3.8) is 0 Å². The van der Waals surface area contributed by atoms with Crippen molar-refractivity contribution in [3.05, 3.63) is 62.6 Å². The monoisotopic (exact) mass is 875 g/mol. The van der Waals surface area contributed by atoms with Crippen LogP contribution in [0.1, 0.15) is 75.9 Å². The van der Waals surface area contributed by atoms with Gasteiger partial charge >= 0.3 is 0 Å². The minimum Gasteiger partial charge on any atom is -0.487 e.